The zero-order valence-electron chi connectivity index (χ0n) is 28.1. The SMILES string of the molecule is Cl.Cn1c2c(c(=O)n(C)c1=O)N(CCCNCCc1ccc(OCc3ccccc3)c(OCc3ccccc3)c1)CN2Cc1ccccc1. The normalized spacial score (nSPS) is 12.0. The topological polar surface area (TPSA) is 81.0 Å². The fourth-order valence-corrected chi connectivity index (χ4v) is 6.07. The molecule has 4 aromatic carbocycles. The molecule has 49 heavy (non-hydrogen) atoms. The van der Waals surface area contributed by atoms with Gasteiger partial charge in [0.25, 0.3) is 5.56 Å². The lowest BCUT2D eigenvalue weighted by molar-refractivity contribution is 0.255. The summed E-state index contributed by atoms with van der Waals surface area (Å²) in [7, 11) is 3.29. The van der Waals surface area contributed by atoms with Crippen LogP contribution in [0.1, 0.15) is 28.7 Å². The number of hydrogen-bond acceptors (Lipinski definition) is 7. The Morgan fingerprint density at radius 3 is 1.88 bits per heavy atom. The molecule has 1 aliphatic rings. The first-order valence-corrected chi connectivity index (χ1v) is 16.5. The Balaban J connectivity index is 0.00000468. The van der Waals surface area contributed by atoms with Crippen molar-refractivity contribution in [2.24, 2.45) is 14.1 Å². The number of nitrogens with one attached hydrogen (secondary N) is 1. The molecule has 0 spiro atoms. The molecule has 0 atom stereocenters. The van der Waals surface area contributed by atoms with Crippen molar-refractivity contribution in [3.8, 4) is 11.5 Å². The smallest absolute Gasteiger partial charge is 0.332 e. The minimum absolute atomic E-state index is 0. The number of ether oxygens (including phenoxy) is 2. The van der Waals surface area contributed by atoms with Crippen molar-refractivity contribution in [2.45, 2.75) is 32.6 Å². The predicted molar refractivity (Wildman–Crippen MR) is 198 cm³/mol. The number of anilines is 2. The third-order valence-corrected chi connectivity index (χ3v) is 8.64. The van der Waals surface area contributed by atoms with Crippen LogP contribution < -0.4 is 35.8 Å². The minimum atomic E-state index is -0.315. The highest BCUT2D eigenvalue weighted by molar-refractivity contribution is 5.85. The van der Waals surface area contributed by atoms with E-state index >= 15 is 0 Å². The van der Waals surface area contributed by atoms with E-state index in [4.69, 9.17) is 9.47 Å². The Morgan fingerprint density at radius 2 is 1.24 bits per heavy atom. The van der Waals surface area contributed by atoms with E-state index in [9.17, 15) is 9.59 Å². The minimum Gasteiger partial charge on any atom is -0.485 e. The third kappa shape index (κ3) is 8.73. The van der Waals surface area contributed by atoms with Crippen molar-refractivity contribution in [3.63, 3.8) is 0 Å². The van der Waals surface area contributed by atoms with Gasteiger partial charge in [0.15, 0.2) is 11.5 Å². The maximum absolute atomic E-state index is 13.3. The molecule has 9 nitrogen and oxygen atoms in total. The van der Waals surface area contributed by atoms with Crippen LogP contribution in [0.2, 0.25) is 0 Å². The van der Waals surface area contributed by atoms with Crippen molar-refractivity contribution in [1.82, 2.24) is 14.5 Å². The van der Waals surface area contributed by atoms with Gasteiger partial charge in [-0.05, 0) is 60.3 Å². The first-order valence-electron chi connectivity index (χ1n) is 16.5. The molecule has 0 saturated carbocycles. The van der Waals surface area contributed by atoms with Crippen LogP contribution in [0.4, 0.5) is 11.5 Å². The number of aromatic nitrogens is 2. The Morgan fingerprint density at radius 1 is 0.653 bits per heavy atom. The molecule has 6 rings (SSSR count). The number of halogens is 1. The highest BCUT2D eigenvalue weighted by atomic mass is 35.5. The molecule has 1 N–H and O–H groups in total. The highest BCUT2D eigenvalue weighted by Gasteiger charge is 2.32. The van der Waals surface area contributed by atoms with E-state index in [0.29, 0.717) is 44.5 Å². The van der Waals surface area contributed by atoms with Gasteiger partial charge < -0.3 is 24.6 Å². The van der Waals surface area contributed by atoms with Crippen LogP contribution in [-0.4, -0.2) is 35.4 Å². The van der Waals surface area contributed by atoms with Gasteiger partial charge >= 0.3 is 5.69 Å². The first kappa shape index (κ1) is 35.3. The molecule has 0 aliphatic carbocycles. The van der Waals surface area contributed by atoms with Crippen molar-refractivity contribution < 1.29 is 9.47 Å². The molecule has 10 heteroatoms. The van der Waals surface area contributed by atoms with Gasteiger partial charge in [0.1, 0.15) is 24.7 Å². The second-order valence-corrected chi connectivity index (χ2v) is 12.1. The summed E-state index contributed by atoms with van der Waals surface area (Å²) in [6.45, 7) is 4.41. The Hall–Kier alpha value is -4.99. The quantitative estimate of drug-likeness (QED) is 0.143. The summed E-state index contributed by atoms with van der Waals surface area (Å²) in [6.07, 6.45) is 1.68. The first-order chi connectivity index (χ1) is 23.5. The summed E-state index contributed by atoms with van der Waals surface area (Å²) in [5.41, 5.74) is 4.51. The number of fused-ring (bicyclic) bond motifs is 1. The summed E-state index contributed by atoms with van der Waals surface area (Å²) in [5.74, 6) is 2.14. The molecular weight excluding hydrogens is 638 g/mol. The standard InChI is InChI=1S/C39H43N5O4.ClH/c1-41-37-36(38(45)42(2)39(41)46)43(29-44(37)26-31-13-6-3-7-14-31)24-12-22-40-23-21-30-19-20-34(47-27-32-15-8-4-9-16-32)35(25-30)48-28-33-17-10-5-11-18-33;/h3-11,13-20,25,40H,12,21-24,26-29H2,1-2H3;1H. The molecule has 0 radical (unpaired) electrons. The van der Waals surface area contributed by atoms with E-state index in [1.165, 1.54) is 4.57 Å². The molecule has 0 unspecified atom stereocenters. The molecular formula is C39H44ClN5O4. The fourth-order valence-electron chi connectivity index (χ4n) is 6.07. The van der Waals surface area contributed by atoms with Crippen molar-refractivity contribution in [1.29, 1.82) is 0 Å². The number of nitrogens with zero attached hydrogens (tertiary/aromatic N) is 4. The van der Waals surface area contributed by atoms with Crippen LogP contribution >= 0.6 is 12.4 Å². The monoisotopic (exact) mass is 681 g/mol. The average Bonchev–Trinajstić information content (AvgIpc) is 3.48. The Labute approximate surface area is 293 Å². The van der Waals surface area contributed by atoms with E-state index in [0.717, 1.165) is 59.7 Å². The lowest BCUT2D eigenvalue weighted by Crippen LogP contribution is -2.39. The lowest BCUT2D eigenvalue weighted by atomic mass is 10.1. The lowest BCUT2D eigenvalue weighted by Gasteiger charge is -2.22. The van der Waals surface area contributed by atoms with Crippen LogP contribution in [0.15, 0.2) is 119 Å². The zero-order chi connectivity index (χ0) is 33.3. The van der Waals surface area contributed by atoms with Crippen LogP contribution in [0.25, 0.3) is 0 Å². The second kappa shape index (κ2) is 16.9. The second-order valence-electron chi connectivity index (χ2n) is 12.1. The number of rotatable bonds is 15. The van der Waals surface area contributed by atoms with Crippen molar-refractivity contribution in [2.75, 3.05) is 36.1 Å². The van der Waals surface area contributed by atoms with Gasteiger partial charge in [0.05, 0.1) is 6.67 Å². The van der Waals surface area contributed by atoms with Gasteiger partial charge in [0.2, 0.25) is 0 Å². The summed E-state index contributed by atoms with van der Waals surface area (Å²) >= 11 is 0. The predicted octanol–water partition coefficient (Wildman–Crippen LogP) is 5.67. The molecule has 0 fully saturated rings. The van der Waals surface area contributed by atoms with E-state index in [-0.39, 0.29) is 23.7 Å². The summed E-state index contributed by atoms with van der Waals surface area (Å²) in [6, 6.07) is 36.6. The van der Waals surface area contributed by atoms with Crippen LogP contribution in [-0.2, 0) is 40.3 Å². The molecule has 256 valence electrons. The highest BCUT2D eigenvalue weighted by Crippen LogP contribution is 2.33. The van der Waals surface area contributed by atoms with Gasteiger partial charge in [0, 0.05) is 27.2 Å². The van der Waals surface area contributed by atoms with Gasteiger partial charge in [-0.25, -0.2) is 4.79 Å². The molecule has 2 heterocycles. The van der Waals surface area contributed by atoms with Crippen molar-refractivity contribution in [3.05, 3.63) is 152 Å². The molecule has 0 amide bonds. The summed E-state index contributed by atoms with van der Waals surface area (Å²) in [5, 5.41) is 3.57. The Bertz CT molecular complexity index is 1920. The van der Waals surface area contributed by atoms with E-state index in [2.05, 4.69) is 63.6 Å². The molecule has 1 aliphatic heterocycles. The Kier molecular flexibility index (Phi) is 12.2. The summed E-state index contributed by atoms with van der Waals surface area (Å²) in [4.78, 5) is 30.3. The van der Waals surface area contributed by atoms with Crippen LogP contribution in [0.3, 0.4) is 0 Å². The fraction of sp³-hybridized carbons (Fsp3) is 0.282. The van der Waals surface area contributed by atoms with Crippen LogP contribution in [0, 0.1) is 0 Å². The van der Waals surface area contributed by atoms with Crippen LogP contribution in [0.5, 0.6) is 11.5 Å². The van der Waals surface area contributed by atoms with E-state index in [1.54, 1.807) is 18.7 Å². The van der Waals surface area contributed by atoms with Gasteiger partial charge in [-0.1, -0.05) is 97.1 Å². The average molecular weight is 682 g/mol. The van der Waals surface area contributed by atoms with E-state index in [1.807, 2.05) is 60.7 Å². The molecule has 0 bridgehead atoms. The molecule has 0 saturated heterocycles. The summed E-state index contributed by atoms with van der Waals surface area (Å²) < 4.78 is 15.2. The third-order valence-electron chi connectivity index (χ3n) is 8.64. The molecule has 1 aromatic heterocycles. The zero-order valence-corrected chi connectivity index (χ0v) is 28.9. The maximum atomic E-state index is 13.3. The van der Waals surface area contributed by atoms with Crippen molar-refractivity contribution >= 4 is 23.9 Å². The molecule has 5 aromatic rings. The maximum Gasteiger partial charge on any atom is 0.332 e. The number of hydrogen-bond donors (Lipinski definition) is 1. The largest absolute Gasteiger partial charge is 0.485 e. The van der Waals surface area contributed by atoms with Gasteiger partial charge in [-0.3, -0.25) is 13.9 Å². The van der Waals surface area contributed by atoms with Gasteiger partial charge in [-0.15, -0.1) is 12.4 Å². The van der Waals surface area contributed by atoms with Gasteiger partial charge in [-0.2, -0.15) is 0 Å². The number of benzene rings is 4. The van der Waals surface area contributed by atoms with E-state index < -0.39 is 0 Å².